The van der Waals surface area contributed by atoms with Crippen LogP contribution in [0.25, 0.3) is 11.3 Å². The van der Waals surface area contributed by atoms with E-state index in [9.17, 15) is 10.1 Å². The number of tetrazole rings is 1. The Balaban J connectivity index is 1.85. The average Bonchev–Trinajstić information content (AvgIpc) is 3.13. The van der Waals surface area contributed by atoms with Crippen LogP contribution in [0.3, 0.4) is 0 Å². The Hall–Kier alpha value is -3.56. The second kappa shape index (κ2) is 5.67. The number of benzene rings is 1. The number of aryl methyl sites for hydroxylation is 1. The SMILES string of the molecule is Cc1cc(-c2ccc(C=Nn3nnnc3N)o2)ccc1[N+](=O)[O-]. The van der Waals surface area contributed by atoms with Gasteiger partial charge in [0.2, 0.25) is 0 Å². The molecule has 0 aliphatic heterocycles. The first kappa shape index (κ1) is 14.4. The van der Waals surface area contributed by atoms with Gasteiger partial charge >= 0.3 is 0 Å². The van der Waals surface area contributed by atoms with Gasteiger partial charge in [-0.15, -0.1) is 0 Å². The molecule has 1 aromatic carbocycles. The van der Waals surface area contributed by atoms with Crippen molar-refractivity contribution in [3.63, 3.8) is 0 Å². The van der Waals surface area contributed by atoms with Crippen molar-refractivity contribution in [2.75, 3.05) is 5.73 Å². The number of anilines is 1. The van der Waals surface area contributed by atoms with Gasteiger partial charge in [-0.1, -0.05) is 9.89 Å². The van der Waals surface area contributed by atoms with Crippen molar-refractivity contribution in [3.8, 4) is 11.3 Å². The van der Waals surface area contributed by atoms with Gasteiger partial charge in [0, 0.05) is 17.2 Å². The zero-order valence-corrected chi connectivity index (χ0v) is 11.9. The number of nitrogens with two attached hydrogens (primary N) is 1. The monoisotopic (exact) mass is 313 g/mol. The van der Waals surface area contributed by atoms with Crippen LogP contribution in [-0.2, 0) is 0 Å². The molecule has 10 heteroatoms. The number of aromatic nitrogens is 4. The van der Waals surface area contributed by atoms with E-state index in [1.807, 2.05) is 0 Å². The fourth-order valence-electron chi connectivity index (χ4n) is 1.97. The predicted octanol–water partition coefficient (Wildman–Crippen LogP) is 1.61. The van der Waals surface area contributed by atoms with Gasteiger partial charge in [-0.2, -0.15) is 5.10 Å². The van der Waals surface area contributed by atoms with E-state index in [1.54, 1.807) is 31.2 Å². The Bertz CT molecular complexity index is 897. The van der Waals surface area contributed by atoms with E-state index in [1.165, 1.54) is 12.3 Å². The summed E-state index contributed by atoms with van der Waals surface area (Å²) in [6, 6.07) is 8.21. The minimum atomic E-state index is -0.421. The molecule has 3 rings (SSSR count). The Morgan fingerprint density at radius 2 is 2.22 bits per heavy atom. The second-order valence-corrected chi connectivity index (χ2v) is 4.63. The molecule has 3 aromatic rings. The normalized spacial score (nSPS) is 11.2. The molecule has 2 N–H and O–H groups in total. The smallest absolute Gasteiger partial charge is 0.272 e. The third-order valence-electron chi connectivity index (χ3n) is 3.08. The quantitative estimate of drug-likeness (QED) is 0.438. The molecular formula is C13H11N7O3. The lowest BCUT2D eigenvalue weighted by Crippen LogP contribution is -1.99. The van der Waals surface area contributed by atoms with Gasteiger partial charge < -0.3 is 10.2 Å². The summed E-state index contributed by atoms with van der Waals surface area (Å²) in [5, 5.41) is 25.2. The highest BCUT2D eigenvalue weighted by Crippen LogP contribution is 2.27. The molecule has 0 atom stereocenters. The standard InChI is InChI=1S/C13H11N7O3/c1-8-6-9(2-4-11(8)20(21)22)12-5-3-10(23-12)7-15-19-13(14)16-17-18-19/h2-7H,1H3,(H2,14,16,18). The number of hydrogen-bond acceptors (Lipinski definition) is 8. The molecule has 0 amide bonds. The van der Waals surface area contributed by atoms with E-state index >= 15 is 0 Å². The first-order chi connectivity index (χ1) is 11.0. The van der Waals surface area contributed by atoms with Crippen LogP contribution in [0.15, 0.2) is 39.9 Å². The summed E-state index contributed by atoms with van der Waals surface area (Å²) in [5.41, 5.74) is 6.84. The Kier molecular flexibility index (Phi) is 3.55. The van der Waals surface area contributed by atoms with Crippen molar-refractivity contribution in [3.05, 3.63) is 51.8 Å². The molecule has 0 unspecified atom stereocenters. The zero-order valence-electron chi connectivity index (χ0n) is 11.9. The molecule has 2 aromatic heterocycles. The number of hydrogen-bond donors (Lipinski definition) is 1. The van der Waals surface area contributed by atoms with Crippen LogP contribution >= 0.6 is 0 Å². The molecule has 116 valence electrons. The fraction of sp³-hybridized carbons (Fsp3) is 0.0769. The van der Waals surface area contributed by atoms with E-state index in [0.29, 0.717) is 17.1 Å². The number of nitro benzene ring substituents is 1. The van der Waals surface area contributed by atoms with E-state index in [0.717, 1.165) is 10.4 Å². The summed E-state index contributed by atoms with van der Waals surface area (Å²) in [4.78, 5) is 11.5. The number of rotatable bonds is 4. The fourth-order valence-corrected chi connectivity index (χ4v) is 1.97. The first-order valence-electron chi connectivity index (χ1n) is 6.48. The largest absolute Gasteiger partial charge is 0.455 e. The van der Waals surface area contributed by atoms with Crippen LogP contribution in [0.5, 0.6) is 0 Å². The predicted molar refractivity (Wildman–Crippen MR) is 80.8 cm³/mol. The lowest BCUT2D eigenvalue weighted by atomic mass is 10.1. The molecule has 0 bridgehead atoms. The molecule has 0 saturated carbocycles. The van der Waals surface area contributed by atoms with E-state index < -0.39 is 4.92 Å². The molecule has 23 heavy (non-hydrogen) atoms. The molecule has 0 aliphatic rings. The molecule has 10 nitrogen and oxygen atoms in total. The molecule has 0 radical (unpaired) electrons. The van der Waals surface area contributed by atoms with Crippen LogP contribution in [0.2, 0.25) is 0 Å². The van der Waals surface area contributed by atoms with Crippen molar-refractivity contribution < 1.29 is 9.34 Å². The lowest BCUT2D eigenvalue weighted by Gasteiger charge is -2.00. The Labute approximate surface area is 129 Å². The summed E-state index contributed by atoms with van der Waals surface area (Å²) in [6.07, 6.45) is 1.41. The summed E-state index contributed by atoms with van der Waals surface area (Å²) in [7, 11) is 0. The first-order valence-corrected chi connectivity index (χ1v) is 6.48. The van der Waals surface area contributed by atoms with Gasteiger partial charge in [0.25, 0.3) is 11.6 Å². The highest BCUT2D eigenvalue weighted by molar-refractivity contribution is 5.77. The van der Waals surface area contributed by atoms with Crippen LogP contribution in [0.1, 0.15) is 11.3 Å². The summed E-state index contributed by atoms with van der Waals surface area (Å²) < 4.78 is 5.62. The molecule has 0 aliphatic carbocycles. The zero-order chi connectivity index (χ0) is 16.4. The van der Waals surface area contributed by atoms with Gasteiger partial charge in [-0.25, -0.2) is 0 Å². The maximum absolute atomic E-state index is 10.8. The second-order valence-electron chi connectivity index (χ2n) is 4.63. The van der Waals surface area contributed by atoms with Crippen molar-refractivity contribution in [1.82, 2.24) is 20.3 Å². The summed E-state index contributed by atoms with van der Waals surface area (Å²) in [6.45, 7) is 1.67. The van der Waals surface area contributed by atoms with Crippen molar-refractivity contribution >= 4 is 17.9 Å². The van der Waals surface area contributed by atoms with Crippen LogP contribution in [0, 0.1) is 17.0 Å². The third-order valence-corrected chi connectivity index (χ3v) is 3.08. The average molecular weight is 313 g/mol. The molecule has 0 saturated heterocycles. The van der Waals surface area contributed by atoms with E-state index in [-0.39, 0.29) is 11.6 Å². The Morgan fingerprint density at radius 1 is 1.39 bits per heavy atom. The summed E-state index contributed by atoms with van der Waals surface area (Å²) >= 11 is 0. The van der Waals surface area contributed by atoms with Gasteiger partial charge in [-0.3, -0.25) is 10.1 Å². The lowest BCUT2D eigenvalue weighted by molar-refractivity contribution is -0.385. The minimum Gasteiger partial charge on any atom is -0.455 e. The number of nitrogens with zero attached hydrogens (tertiary/aromatic N) is 6. The third kappa shape index (κ3) is 2.90. The minimum absolute atomic E-state index is 0.0547. The molecule has 0 spiro atoms. The van der Waals surface area contributed by atoms with Crippen molar-refractivity contribution in [1.29, 1.82) is 0 Å². The highest BCUT2D eigenvalue weighted by atomic mass is 16.6. The van der Waals surface area contributed by atoms with Gasteiger partial charge in [-0.05, 0) is 41.6 Å². The van der Waals surface area contributed by atoms with Crippen molar-refractivity contribution in [2.45, 2.75) is 6.92 Å². The molecule has 2 heterocycles. The highest BCUT2D eigenvalue weighted by Gasteiger charge is 2.12. The number of nitro groups is 1. The van der Waals surface area contributed by atoms with Crippen LogP contribution < -0.4 is 5.73 Å². The van der Waals surface area contributed by atoms with E-state index in [2.05, 4.69) is 20.6 Å². The topological polar surface area (TPSA) is 138 Å². The van der Waals surface area contributed by atoms with Crippen LogP contribution in [-0.4, -0.2) is 31.5 Å². The van der Waals surface area contributed by atoms with Crippen LogP contribution in [0.4, 0.5) is 11.6 Å². The van der Waals surface area contributed by atoms with Gasteiger partial charge in [0.1, 0.15) is 11.5 Å². The maximum Gasteiger partial charge on any atom is 0.272 e. The Morgan fingerprint density at radius 3 is 2.87 bits per heavy atom. The number of nitrogen functional groups attached to an aromatic ring is 1. The van der Waals surface area contributed by atoms with Crippen molar-refractivity contribution in [2.24, 2.45) is 5.10 Å². The maximum atomic E-state index is 10.8. The number of furan rings is 1. The molecule has 0 fully saturated rings. The van der Waals surface area contributed by atoms with Gasteiger partial charge in [0.15, 0.2) is 0 Å². The molecular weight excluding hydrogens is 302 g/mol. The van der Waals surface area contributed by atoms with Gasteiger partial charge in [0.05, 0.1) is 11.1 Å². The van der Waals surface area contributed by atoms with E-state index in [4.69, 9.17) is 10.2 Å². The summed E-state index contributed by atoms with van der Waals surface area (Å²) in [5.74, 6) is 1.08.